The molecule has 6 nitrogen and oxygen atoms in total. The van der Waals surface area contributed by atoms with Gasteiger partial charge in [0.15, 0.2) is 18.1 Å². The number of aryl methyl sites for hydroxylation is 1. The second-order valence-electron chi connectivity index (χ2n) is 6.89. The zero-order valence-corrected chi connectivity index (χ0v) is 16.4. The Morgan fingerprint density at radius 1 is 1.11 bits per heavy atom. The molecule has 148 valence electrons. The number of esters is 1. The van der Waals surface area contributed by atoms with E-state index in [0.29, 0.717) is 23.6 Å². The van der Waals surface area contributed by atoms with Gasteiger partial charge in [-0.2, -0.15) is 0 Å². The van der Waals surface area contributed by atoms with Crippen molar-refractivity contribution in [2.45, 2.75) is 32.8 Å². The lowest BCUT2D eigenvalue weighted by atomic mass is 10.0. The first-order chi connectivity index (χ1) is 13.5. The molecule has 0 saturated heterocycles. The van der Waals surface area contributed by atoms with Gasteiger partial charge in [0, 0.05) is 12.2 Å². The van der Waals surface area contributed by atoms with E-state index >= 15 is 0 Å². The molecule has 0 N–H and O–H groups in total. The van der Waals surface area contributed by atoms with Crippen molar-refractivity contribution < 1.29 is 23.8 Å². The molecule has 0 aromatic heterocycles. The summed E-state index contributed by atoms with van der Waals surface area (Å²) < 4.78 is 16.2. The molecule has 2 aromatic carbocycles. The number of anilines is 1. The minimum atomic E-state index is -0.576. The minimum Gasteiger partial charge on any atom is -0.493 e. The van der Waals surface area contributed by atoms with Crippen LogP contribution in [0, 0.1) is 0 Å². The largest absolute Gasteiger partial charge is 0.493 e. The van der Waals surface area contributed by atoms with Crippen molar-refractivity contribution in [3.05, 3.63) is 53.6 Å². The van der Waals surface area contributed by atoms with Crippen molar-refractivity contribution in [3.63, 3.8) is 0 Å². The van der Waals surface area contributed by atoms with Crippen LogP contribution in [0.4, 0.5) is 5.69 Å². The number of nitrogens with zero attached hydrogens (tertiary/aromatic N) is 1. The summed E-state index contributed by atoms with van der Waals surface area (Å²) in [7, 11) is 1.51. The van der Waals surface area contributed by atoms with Gasteiger partial charge in [0.2, 0.25) is 0 Å². The second kappa shape index (κ2) is 8.78. The fraction of sp³-hybridized carbons (Fsp3) is 0.364. The van der Waals surface area contributed by atoms with Crippen LogP contribution in [0.15, 0.2) is 42.5 Å². The van der Waals surface area contributed by atoms with Crippen molar-refractivity contribution in [2.24, 2.45) is 0 Å². The van der Waals surface area contributed by atoms with Crippen LogP contribution in [0.25, 0.3) is 0 Å². The number of methoxy groups -OCH3 is 1. The fourth-order valence-electron chi connectivity index (χ4n) is 3.23. The zero-order valence-electron chi connectivity index (χ0n) is 16.4. The number of rotatable bonds is 6. The van der Waals surface area contributed by atoms with E-state index in [1.165, 1.54) is 7.11 Å². The minimum absolute atomic E-state index is 0.0169. The van der Waals surface area contributed by atoms with Gasteiger partial charge in [0.05, 0.1) is 18.8 Å². The van der Waals surface area contributed by atoms with Crippen LogP contribution in [0.1, 0.15) is 36.2 Å². The predicted molar refractivity (Wildman–Crippen MR) is 106 cm³/mol. The molecule has 1 aliphatic heterocycles. The van der Waals surface area contributed by atoms with Crippen LogP contribution in [-0.4, -0.2) is 38.2 Å². The summed E-state index contributed by atoms with van der Waals surface area (Å²) in [6.07, 6.45) is 1.83. The van der Waals surface area contributed by atoms with Crippen molar-refractivity contribution in [3.8, 4) is 11.5 Å². The molecule has 0 saturated carbocycles. The highest BCUT2D eigenvalue weighted by Crippen LogP contribution is 2.29. The molecule has 0 bridgehead atoms. The Labute approximate surface area is 165 Å². The van der Waals surface area contributed by atoms with E-state index < -0.39 is 5.97 Å². The summed E-state index contributed by atoms with van der Waals surface area (Å²) in [6.45, 7) is 4.14. The van der Waals surface area contributed by atoms with Crippen LogP contribution < -0.4 is 14.4 Å². The molecule has 0 atom stereocenters. The van der Waals surface area contributed by atoms with Crippen LogP contribution >= 0.6 is 0 Å². The maximum Gasteiger partial charge on any atom is 0.338 e. The van der Waals surface area contributed by atoms with Gasteiger partial charge in [0.25, 0.3) is 5.91 Å². The second-order valence-corrected chi connectivity index (χ2v) is 6.89. The topological polar surface area (TPSA) is 65.1 Å². The summed E-state index contributed by atoms with van der Waals surface area (Å²) in [4.78, 5) is 26.7. The van der Waals surface area contributed by atoms with Gasteiger partial charge in [0.1, 0.15) is 0 Å². The van der Waals surface area contributed by atoms with Crippen molar-refractivity contribution in [1.82, 2.24) is 0 Å². The Bertz CT molecular complexity index is 862. The van der Waals surface area contributed by atoms with Gasteiger partial charge in [-0.25, -0.2) is 4.79 Å². The molecular formula is C22H25NO5. The maximum atomic E-state index is 12.6. The Hall–Kier alpha value is -3.02. The Morgan fingerprint density at radius 2 is 1.89 bits per heavy atom. The number of amides is 1. The van der Waals surface area contributed by atoms with Crippen molar-refractivity contribution in [1.29, 1.82) is 0 Å². The average Bonchev–Trinajstić information content (AvgIpc) is 2.71. The van der Waals surface area contributed by atoms with Gasteiger partial charge in [-0.1, -0.05) is 18.2 Å². The van der Waals surface area contributed by atoms with Gasteiger partial charge >= 0.3 is 5.97 Å². The molecule has 28 heavy (non-hydrogen) atoms. The maximum absolute atomic E-state index is 12.6. The summed E-state index contributed by atoms with van der Waals surface area (Å²) in [5.74, 6) is 0.190. The highest BCUT2D eigenvalue weighted by molar-refractivity contribution is 5.98. The third-order valence-corrected chi connectivity index (χ3v) is 4.50. The van der Waals surface area contributed by atoms with Gasteiger partial charge < -0.3 is 19.1 Å². The third kappa shape index (κ3) is 4.44. The van der Waals surface area contributed by atoms with Crippen LogP contribution in [0.5, 0.6) is 11.5 Å². The molecule has 1 amide bonds. The number of ether oxygens (including phenoxy) is 3. The highest BCUT2D eigenvalue weighted by atomic mass is 16.5. The Balaban J connectivity index is 1.65. The number of fused-ring (bicyclic) bond motifs is 1. The Morgan fingerprint density at radius 3 is 2.64 bits per heavy atom. The van der Waals surface area contributed by atoms with E-state index in [-0.39, 0.29) is 18.6 Å². The van der Waals surface area contributed by atoms with E-state index in [2.05, 4.69) is 0 Å². The first-order valence-corrected chi connectivity index (χ1v) is 9.39. The van der Waals surface area contributed by atoms with E-state index in [9.17, 15) is 9.59 Å². The summed E-state index contributed by atoms with van der Waals surface area (Å²) in [6, 6.07) is 12.6. The lowest BCUT2D eigenvalue weighted by Crippen LogP contribution is -2.38. The highest BCUT2D eigenvalue weighted by Gasteiger charge is 2.23. The zero-order chi connectivity index (χ0) is 20.1. The molecular weight excluding hydrogens is 358 g/mol. The van der Waals surface area contributed by atoms with Gasteiger partial charge in [-0.05, 0) is 56.5 Å². The first kappa shape index (κ1) is 19.7. The number of benzene rings is 2. The Kier molecular flexibility index (Phi) is 6.19. The summed E-state index contributed by atoms with van der Waals surface area (Å²) in [5, 5.41) is 0. The number of carbonyl (C=O) groups excluding carboxylic acids is 2. The van der Waals surface area contributed by atoms with E-state index in [1.54, 1.807) is 23.1 Å². The number of hydrogen-bond donors (Lipinski definition) is 0. The predicted octanol–water partition coefficient (Wildman–Crippen LogP) is 3.62. The molecule has 6 heteroatoms. The SMILES string of the molecule is COc1cc(C(=O)OCC(=O)N2CCCc3ccccc32)ccc1OC(C)C. The normalized spacial score (nSPS) is 13.1. The number of para-hydroxylation sites is 1. The lowest BCUT2D eigenvalue weighted by molar-refractivity contribution is -0.121. The molecule has 1 heterocycles. The quantitative estimate of drug-likeness (QED) is 0.713. The van der Waals surface area contributed by atoms with E-state index in [1.807, 2.05) is 38.1 Å². The third-order valence-electron chi connectivity index (χ3n) is 4.50. The molecule has 0 aliphatic carbocycles. The van der Waals surface area contributed by atoms with Crippen LogP contribution in [-0.2, 0) is 16.0 Å². The van der Waals surface area contributed by atoms with Crippen molar-refractivity contribution >= 4 is 17.6 Å². The molecule has 0 radical (unpaired) electrons. The van der Waals surface area contributed by atoms with E-state index in [0.717, 1.165) is 24.1 Å². The monoisotopic (exact) mass is 383 g/mol. The molecule has 0 unspecified atom stereocenters. The van der Waals surface area contributed by atoms with Crippen LogP contribution in [0.2, 0.25) is 0 Å². The summed E-state index contributed by atoms with van der Waals surface area (Å²) >= 11 is 0. The molecule has 1 aliphatic rings. The van der Waals surface area contributed by atoms with E-state index in [4.69, 9.17) is 14.2 Å². The van der Waals surface area contributed by atoms with Gasteiger partial charge in [-0.15, -0.1) is 0 Å². The van der Waals surface area contributed by atoms with Gasteiger partial charge in [-0.3, -0.25) is 4.79 Å². The van der Waals surface area contributed by atoms with Crippen molar-refractivity contribution in [2.75, 3.05) is 25.2 Å². The number of hydrogen-bond acceptors (Lipinski definition) is 5. The fourth-order valence-corrected chi connectivity index (χ4v) is 3.23. The summed E-state index contributed by atoms with van der Waals surface area (Å²) in [5.41, 5.74) is 2.34. The number of carbonyl (C=O) groups is 2. The molecule has 3 rings (SSSR count). The standard InChI is InChI=1S/C22H25NO5/c1-15(2)28-19-11-10-17(13-20(19)26-3)22(25)27-14-21(24)23-12-6-8-16-7-4-5-9-18(16)23/h4-5,7,9-11,13,15H,6,8,12,14H2,1-3H3. The first-order valence-electron chi connectivity index (χ1n) is 9.39. The lowest BCUT2D eigenvalue weighted by Gasteiger charge is -2.29. The molecule has 2 aromatic rings. The van der Waals surface area contributed by atoms with Crippen LogP contribution in [0.3, 0.4) is 0 Å². The average molecular weight is 383 g/mol. The molecule has 0 spiro atoms. The molecule has 0 fully saturated rings. The smallest absolute Gasteiger partial charge is 0.338 e.